The van der Waals surface area contributed by atoms with Gasteiger partial charge in [-0.15, -0.1) is 0 Å². The number of carbonyl (C=O) groups is 1. The van der Waals surface area contributed by atoms with E-state index < -0.39 is 5.97 Å². The molecule has 0 saturated heterocycles. The van der Waals surface area contributed by atoms with Crippen LogP contribution in [0.3, 0.4) is 0 Å². The molecule has 0 aliphatic heterocycles. The summed E-state index contributed by atoms with van der Waals surface area (Å²) in [5, 5.41) is 8.63. The average molecular weight is 225 g/mol. The van der Waals surface area contributed by atoms with E-state index in [9.17, 15) is 9.59 Å². The predicted molar refractivity (Wildman–Crippen MR) is 59.6 cm³/mol. The Kier molecular flexibility index (Phi) is 4.04. The number of aromatic nitrogens is 2. The summed E-state index contributed by atoms with van der Waals surface area (Å²) in [6.07, 6.45) is 1.33. The molecule has 0 bridgehead atoms. The van der Waals surface area contributed by atoms with Crippen LogP contribution < -0.4 is 10.5 Å². The minimum Gasteiger partial charge on any atom is -0.481 e. The van der Waals surface area contributed by atoms with Crippen LogP contribution in [0, 0.1) is 0 Å². The fourth-order valence-corrected chi connectivity index (χ4v) is 1.37. The molecule has 0 unspecified atom stereocenters. The topological polar surface area (TPSA) is 86.3 Å². The minimum absolute atomic E-state index is 0.0205. The number of nitrogens with zero attached hydrogens (tertiary/aromatic N) is 2. The van der Waals surface area contributed by atoms with Crippen molar-refractivity contribution < 1.29 is 9.90 Å². The number of carboxylic acid groups (broad SMARTS) is 1. The molecular weight excluding hydrogens is 210 g/mol. The largest absolute Gasteiger partial charge is 0.481 e. The van der Waals surface area contributed by atoms with Crippen molar-refractivity contribution >= 4 is 11.8 Å². The maximum absolute atomic E-state index is 11.1. The molecule has 0 aliphatic rings. The van der Waals surface area contributed by atoms with Gasteiger partial charge in [0.2, 0.25) is 0 Å². The molecule has 16 heavy (non-hydrogen) atoms. The van der Waals surface area contributed by atoms with Gasteiger partial charge in [0.25, 0.3) is 5.56 Å². The smallest absolute Gasteiger partial charge is 0.305 e. The maximum atomic E-state index is 11.1. The number of H-pyrrole nitrogens is 1. The molecule has 1 heterocycles. The average Bonchev–Trinajstić information content (AvgIpc) is 2.17. The summed E-state index contributed by atoms with van der Waals surface area (Å²) in [7, 11) is 0. The molecule has 0 saturated carbocycles. The summed E-state index contributed by atoms with van der Waals surface area (Å²) in [6, 6.07) is 1.45. The highest BCUT2D eigenvalue weighted by Gasteiger charge is 2.13. The lowest BCUT2D eigenvalue weighted by Crippen LogP contribution is -2.34. The fraction of sp³-hybridized carbons (Fsp3) is 0.500. The van der Waals surface area contributed by atoms with Crippen molar-refractivity contribution in [2.45, 2.75) is 26.3 Å². The van der Waals surface area contributed by atoms with Crippen molar-refractivity contribution in [3.8, 4) is 0 Å². The van der Waals surface area contributed by atoms with E-state index in [0.29, 0.717) is 12.4 Å². The molecule has 1 rings (SSSR count). The van der Waals surface area contributed by atoms with Crippen LogP contribution in [0.1, 0.15) is 20.3 Å². The maximum Gasteiger partial charge on any atom is 0.305 e. The Morgan fingerprint density at radius 1 is 1.62 bits per heavy atom. The van der Waals surface area contributed by atoms with Gasteiger partial charge in [0.1, 0.15) is 5.82 Å². The molecule has 1 aromatic heterocycles. The van der Waals surface area contributed by atoms with Gasteiger partial charge < -0.3 is 15.0 Å². The number of hydrogen-bond donors (Lipinski definition) is 2. The first-order valence-electron chi connectivity index (χ1n) is 5.04. The molecule has 0 fully saturated rings. The van der Waals surface area contributed by atoms with Gasteiger partial charge in [-0.25, -0.2) is 4.98 Å². The lowest BCUT2D eigenvalue weighted by molar-refractivity contribution is -0.136. The Balaban J connectivity index is 2.85. The summed E-state index contributed by atoms with van der Waals surface area (Å²) in [6.45, 7) is 4.18. The minimum atomic E-state index is -0.865. The fourth-order valence-electron chi connectivity index (χ4n) is 1.37. The number of nitrogens with one attached hydrogen (secondary N) is 1. The zero-order valence-electron chi connectivity index (χ0n) is 9.30. The molecule has 2 N–H and O–H groups in total. The number of hydrogen-bond acceptors (Lipinski definition) is 4. The van der Waals surface area contributed by atoms with Crippen molar-refractivity contribution in [3.05, 3.63) is 22.7 Å². The summed E-state index contributed by atoms with van der Waals surface area (Å²) in [5.74, 6) is -0.365. The van der Waals surface area contributed by atoms with Crippen molar-refractivity contribution in [1.29, 1.82) is 0 Å². The van der Waals surface area contributed by atoms with Crippen LogP contribution in [0.2, 0.25) is 0 Å². The second-order valence-corrected chi connectivity index (χ2v) is 3.70. The number of aromatic amines is 1. The van der Waals surface area contributed by atoms with E-state index >= 15 is 0 Å². The van der Waals surface area contributed by atoms with Crippen molar-refractivity contribution in [3.63, 3.8) is 0 Å². The van der Waals surface area contributed by atoms with Gasteiger partial charge in [0, 0.05) is 18.7 Å². The molecule has 0 amide bonds. The van der Waals surface area contributed by atoms with Crippen LogP contribution in [0.5, 0.6) is 0 Å². The Morgan fingerprint density at radius 2 is 2.31 bits per heavy atom. The highest BCUT2D eigenvalue weighted by Crippen LogP contribution is 2.11. The van der Waals surface area contributed by atoms with Crippen LogP contribution in [0.4, 0.5) is 5.82 Å². The molecule has 0 radical (unpaired) electrons. The van der Waals surface area contributed by atoms with Crippen LogP contribution in [0.15, 0.2) is 17.2 Å². The normalized spacial score (nSPS) is 10.4. The highest BCUT2D eigenvalue weighted by molar-refractivity contribution is 5.67. The highest BCUT2D eigenvalue weighted by atomic mass is 16.4. The first kappa shape index (κ1) is 12.2. The third-order valence-electron chi connectivity index (χ3n) is 2.15. The van der Waals surface area contributed by atoms with Crippen LogP contribution in [-0.2, 0) is 4.79 Å². The van der Waals surface area contributed by atoms with Gasteiger partial charge in [-0.1, -0.05) is 0 Å². The van der Waals surface area contributed by atoms with Gasteiger partial charge >= 0.3 is 5.97 Å². The summed E-state index contributed by atoms with van der Waals surface area (Å²) >= 11 is 0. The van der Waals surface area contributed by atoms with Crippen molar-refractivity contribution in [2.75, 3.05) is 11.4 Å². The molecule has 6 heteroatoms. The SMILES string of the molecule is CC(C)N(CCC(=O)O)c1cc(=O)[nH]cn1. The number of aliphatic carboxylic acids is 1. The standard InChI is InChI=1S/C10H15N3O3/c1-7(2)13(4-3-10(15)16)8-5-9(14)12-6-11-8/h5-7H,3-4H2,1-2H3,(H,15,16)(H,11,12,14). The Hall–Kier alpha value is -1.85. The van der Waals surface area contributed by atoms with Gasteiger partial charge in [-0.3, -0.25) is 9.59 Å². The van der Waals surface area contributed by atoms with Crippen molar-refractivity contribution in [2.24, 2.45) is 0 Å². The summed E-state index contributed by atoms with van der Waals surface area (Å²) in [4.78, 5) is 29.8. The lowest BCUT2D eigenvalue weighted by Gasteiger charge is -2.26. The Bertz CT molecular complexity index is 414. The van der Waals surface area contributed by atoms with E-state index in [1.807, 2.05) is 13.8 Å². The first-order valence-corrected chi connectivity index (χ1v) is 5.04. The number of rotatable bonds is 5. The Labute approximate surface area is 92.9 Å². The third-order valence-corrected chi connectivity index (χ3v) is 2.15. The van der Waals surface area contributed by atoms with E-state index in [-0.39, 0.29) is 18.0 Å². The van der Waals surface area contributed by atoms with E-state index in [0.717, 1.165) is 0 Å². The second kappa shape index (κ2) is 5.29. The molecule has 0 atom stereocenters. The second-order valence-electron chi connectivity index (χ2n) is 3.70. The van der Waals surface area contributed by atoms with Gasteiger partial charge in [0.05, 0.1) is 12.7 Å². The first-order chi connectivity index (χ1) is 7.50. The van der Waals surface area contributed by atoms with E-state index in [4.69, 9.17) is 5.11 Å². The molecule has 6 nitrogen and oxygen atoms in total. The molecular formula is C10H15N3O3. The van der Waals surface area contributed by atoms with Crippen LogP contribution >= 0.6 is 0 Å². The van der Waals surface area contributed by atoms with Crippen LogP contribution in [0.25, 0.3) is 0 Å². The monoisotopic (exact) mass is 225 g/mol. The Morgan fingerprint density at radius 3 is 2.81 bits per heavy atom. The molecule has 0 aromatic carbocycles. The summed E-state index contributed by atoms with van der Waals surface area (Å²) < 4.78 is 0. The van der Waals surface area contributed by atoms with E-state index in [1.54, 1.807) is 4.90 Å². The zero-order valence-corrected chi connectivity index (χ0v) is 9.30. The lowest BCUT2D eigenvalue weighted by atomic mass is 10.3. The van der Waals surface area contributed by atoms with E-state index in [1.165, 1.54) is 12.4 Å². The van der Waals surface area contributed by atoms with Crippen molar-refractivity contribution in [1.82, 2.24) is 9.97 Å². The molecule has 0 spiro atoms. The number of anilines is 1. The van der Waals surface area contributed by atoms with Gasteiger partial charge in [-0.05, 0) is 13.8 Å². The molecule has 1 aromatic rings. The van der Waals surface area contributed by atoms with Crippen LogP contribution in [-0.4, -0.2) is 33.6 Å². The van der Waals surface area contributed by atoms with E-state index in [2.05, 4.69) is 9.97 Å². The predicted octanol–water partition coefficient (Wildman–Crippen LogP) is 0.459. The van der Waals surface area contributed by atoms with Gasteiger partial charge in [-0.2, -0.15) is 0 Å². The zero-order chi connectivity index (χ0) is 12.1. The van der Waals surface area contributed by atoms with Gasteiger partial charge in [0.15, 0.2) is 0 Å². The quantitative estimate of drug-likeness (QED) is 0.760. The summed E-state index contributed by atoms with van der Waals surface area (Å²) in [5.41, 5.74) is -0.244. The molecule has 88 valence electrons. The third kappa shape index (κ3) is 3.38. The number of carboxylic acids is 1. The molecule has 0 aliphatic carbocycles.